The number of hydrogen-bond acceptors (Lipinski definition) is 5. The van der Waals surface area contributed by atoms with Crippen LogP contribution in [-0.4, -0.2) is 30.1 Å². The van der Waals surface area contributed by atoms with Gasteiger partial charge in [-0.1, -0.05) is 0 Å². The van der Waals surface area contributed by atoms with Crippen LogP contribution in [0.15, 0.2) is 36.4 Å². The third-order valence-electron chi connectivity index (χ3n) is 3.73. The molecule has 1 aliphatic rings. The van der Waals surface area contributed by atoms with Crippen LogP contribution < -0.4 is 20.7 Å². The highest BCUT2D eigenvalue weighted by molar-refractivity contribution is 6.06. The Kier molecular flexibility index (Phi) is 5.40. The lowest BCUT2D eigenvalue weighted by Gasteiger charge is -2.20. The molecule has 0 fully saturated rings. The first kappa shape index (κ1) is 20.1. The molecular formula is C20H20FN3O5. The first-order valence-corrected chi connectivity index (χ1v) is 8.78. The van der Waals surface area contributed by atoms with Gasteiger partial charge >= 0.3 is 6.09 Å². The molecule has 0 unspecified atom stereocenters. The van der Waals surface area contributed by atoms with Crippen molar-refractivity contribution in [2.45, 2.75) is 26.4 Å². The Morgan fingerprint density at radius 3 is 2.62 bits per heavy atom. The summed E-state index contributed by atoms with van der Waals surface area (Å²) in [5.41, 5.74) is 0.0438. The van der Waals surface area contributed by atoms with Crippen LogP contribution in [0.4, 0.5) is 26.2 Å². The maximum atomic E-state index is 14.0. The minimum absolute atomic E-state index is 0.0818. The zero-order chi connectivity index (χ0) is 21.2. The van der Waals surface area contributed by atoms with Gasteiger partial charge < -0.3 is 20.1 Å². The lowest BCUT2D eigenvalue weighted by molar-refractivity contribution is -0.118. The number of benzene rings is 2. The summed E-state index contributed by atoms with van der Waals surface area (Å²) in [4.78, 5) is 35.8. The number of ether oxygens (including phenoxy) is 2. The van der Waals surface area contributed by atoms with Crippen molar-refractivity contribution in [2.24, 2.45) is 0 Å². The quantitative estimate of drug-likeness (QED) is 0.726. The third kappa shape index (κ3) is 5.22. The van der Waals surface area contributed by atoms with Crippen LogP contribution >= 0.6 is 0 Å². The number of anilines is 3. The van der Waals surface area contributed by atoms with E-state index in [1.807, 2.05) is 0 Å². The van der Waals surface area contributed by atoms with Gasteiger partial charge in [0.25, 0.3) is 11.8 Å². The van der Waals surface area contributed by atoms with Gasteiger partial charge in [-0.15, -0.1) is 0 Å². The van der Waals surface area contributed by atoms with Crippen LogP contribution in [0.2, 0.25) is 0 Å². The summed E-state index contributed by atoms with van der Waals surface area (Å²) in [6.45, 7) is 4.98. The Morgan fingerprint density at radius 2 is 1.90 bits per heavy atom. The smallest absolute Gasteiger partial charge is 0.412 e. The monoisotopic (exact) mass is 401 g/mol. The summed E-state index contributed by atoms with van der Waals surface area (Å²) in [6, 6.07) is 8.34. The predicted molar refractivity (Wildman–Crippen MR) is 105 cm³/mol. The standard InChI is InChI=1S/C20H20FN3O5/c1-20(2,3)29-19(27)24-14-9-12(5-6-13(14)21)22-18(26)11-4-7-16-15(8-11)23-17(25)10-28-16/h4-9H,10H2,1-3H3,(H,22,26)(H,23,25)(H,24,27). The van der Waals surface area contributed by atoms with Crippen molar-refractivity contribution in [3.63, 3.8) is 0 Å². The Labute approximate surface area is 166 Å². The van der Waals surface area contributed by atoms with Crippen molar-refractivity contribution in [3.05, 3.63) is 47.8 Å². The van der Waals surface area contributed by atoms with Gasteiger partial charge in [-0.3, -0.25) is 14.9 Å². The summed E-state index contributed by atoms with van der Waals surface area (Å²) in [5.74, 6) is -1.01. The van der Waals surface area contributed by atoms with Gasteiger partial charge in [0.2, 0.25) is 0 Å². The number of rotatable bonds is 3. The van der Waals surface area contributed by atoms with Crippen molar-refractivity contribution in [1.82, 2.24) is 0 Å². The van der Waals surface area contributed by atoms with Crippen LogP contribution in [0.1, 0.15) is 31.1 Å². The van der Waals surface area contributed by atoms with Gasteiger partial charge in [-0.2, -0.15) is 0 Å². The van der Waals surface area contributed by atoms with E-state index in [1.165, 1.54) is 24.3 Å². The molecule has 8 nitrogen and oxygen atoms in total. The van der Waals surface area contributed by atoms with Gasteiger partial charge in [-0.25, -0.2) is 9.18 Å². The van der Waals surface area contributed by atoms with Crippen molar-refractivity contribution in [1.29, 1.82) is 0 Å². The van der Waals surface area contributed by atoms with Gasteiger partial charge in [-0.05, 0) is 57.2 Å². The van der Waals surface area contributed by atoms with E-state index in [4.69, 9.17) is 9.47 Å². The van der Waals surface area contributed by atoms with E-state index in [2.05, 4.69) is 16.0 Å². The van der Waals surface area contributed by atoms with Gasteiger partial charge in [0.15, 0.2) is 6.61 Å². The number of fused-ring (bicyclic) bond motifs is 1. The van der Waals surface area contributed by atoms with E-state index in [1.54, 1.807) is 26.8 Å². The lowest BCUT2D eigenvalue weighted by Crippen LogP contribution is -2.27. The number of carbonyl (C=O) groups excluding carboxylic acids is 3. The molecule has 1 aliphatic heterocycles. The molecule has 0 aromatic heterocycles. The minimum atomic E-state index is -0.815. The zero-order valence-electron chi connectivity index (χ0n) is 16.1. The number of carbonyl (C=O) groups is 3. The molecule has 0 saturated carbocycles. The minimum Gasteiger partial charge on any atom is -0.482 e. The molecule has 29 heavy (non-hydrogen) atoms. The lowest BCUT2D eigenvalue weighted by atomic mass is 10.1. The number of halogens is 1. The van der Waals surface area contributed by atoms with E-state index in [0.717, 1.165) is 6.07 Å². The van der Waals surface area contributed by atoms with Crippen LogP contribution in [0.25, 0.3) is 0 Å². The third-order valence-corrected chi connectivity index (χ3v) is 3.73. The second kappa shape index (κ2) is 7.78. The normalized spacial score (nSPS) is 12.9. The molecule has 0 spiro atoms. The summed E-state index contributed by atoms with van der Waals surface area (Å²) >= 11 is 0. The van der Waals surface area contributed by atoms with Crippen LogP contribution in [0.5, 0.6) is 5.75 Å². The average molecular weight is 401 g/mol. The molecule has 2 aromatic rings. The largest absolute Gasteiger partial charge is 0.482 e. The molecule has 3 N–H and O–H groups in total. The van der Waals surface area contributed by atoms with Crippen molar-refractivity contribution in [2.75, 3.05) is 22.6 Å². The van der Waals surface area contributed by atoms with E-state index in [0.29, 0.717) is 11.4 Å². The van der Waals surface area contributed by atoms with Gasteiger partial charge in [0.1, 0.15) is 17.2 Å². The average Bonchev–Trinajstić information content (AvgIpc) is 2.62. The Morgan fingerprint density at radius 1 is 1.14 bits per heavy atom. The van der Waals surface area contributed by atoms with E-state index in [9.17, 15) is 18.8 Å². The van der Waals surface area contributed by atoms with Gasteiger partial charge in [0, 0.05) is 11.3 Å². The molecule has 3 amide bonds. The molecule has 0 radical (unpaired) electrons. The maximum Gasteiger partial charge on any atom is 0.412 e. The zero-order valence-corrected chi connectivity index (χ0v) is 16.1. The first-order valence-electron chi connectivity index (χ1n) is 8.78. The highest BCUT2D eigenvalue weighted by Gasteiger charge is 2.19. The van der Waals surface area contributed by atoms with E-state index < -0.39 is 23.4 Å². The van der Waals surface area contributed by atoms with Crippen molar-refractivity contribution >= 4 is 35.0 Å². The highest BCUT2D eigenvalue weighted by atomic mass is 19.1. The molecule has 152 valence electrons. The fraction of sp³-hybridized carbons (Fsp3) is 0.250. The molecule has 3 rings (SSSR count). The molecule has 0 atom stereocenters. The van der Waals surface area contributed by atoms with Gasteiger partial charge in [0.05, 0.1) is 11.4 Å². The first-order chi connectivity index (χ1) is 13.6. The second-order valence-corrected chi connectivity index (χ2v) is 7.32. The highest BCUT2D eigenvalue weighted by Crippen LogP contribution is 2.29. The molecule has 9 heteroatoms. The van der Waals surface area contributed by atoms with Crippen LogP contribution in [0, 0.1) is 5.82 Å². The SMILES string of the molecule is CC(C)(C)OC(=O)Nc1cc(NC(=O)c2ccc3c(c2)NC(=O)CO3)ccc1F. The predicted octanol–water partition coefficient (Wildman–Crippen LogP) is 3.76. The molecule has 0 bridgehead atoms. The van der Waals surface area contributed by atoms with Crippen molar-refractivity contribution in [3.8, 4) is 5.75 Å². The maximum absolute atomic E-state index is 14.0. The molecular weight excluding hydrogens is 381 g/mol. The van der Waals surface area contributed by atoms with Crippen LogP contribution in [0.3, 0.4) is 0 Å². The molecule has 2 aromatic carbocycles. The van der Waals surface area contributed by atoms with E-state index >= 15 is 0 Å². The Balaban J connectivity index is 1.73. The summed E-state index contributed by atoms with van der Waals surface area (Å²) < 4.78 is 24.4. The summed E-state index contributed by atoms with van der Waals surface area (Å²) in [7, 11) is 0. The van der Waals surface area contributed by atoms with Crippen molar-refractivity contribution < 1.29 is 28.2 Å². The summed E-state index contributed by atoms with van der Waals surface area (Å²) in [5, 5.41) is 7.55. The fourth-order valence-electron chi connectivity index (χ4n) is 2.54. The number of hydrogen-bond donors (Lipinski definition) is 3. The molecule has 0 saturated heterocycles. The fourth-order valence-corrected chi connectivity index (χ4v) is 2.54. The number of nitrogens with one attached hydrogen (secondary N) is 3. The Hall–Kier alpha value is -3.62. The summed E-state index contributed by atoms with van der Waals surface area (Å²) in [6.07, 6.45) is -0.815. The molecule has 1 heterocycles. The second-order valence-electron chi connectivity index (χ2n) is 7.32. The van der Waals surface area contributed by atoms with Crippen LogP contribution in [-0.2, 0) is 9.53 Å². The molecule has 0 aliphatic carbocycles. The topological polar surface area (TPSA) is 106 Å². The number of amides is 3. The Bertz CT molecular complexity index is 985. The van der Waals surface area contributed by atoms with E-state index in [-0.39, 0.29) is 29.5 Å².